The zero-order valence-electron chi connectivity index (χ0n) is 30.3. The van der Waals surface area contributed by atoms with Crippen LogP contribution < -0.4 is 0 Å². The lowest BCUT2D eigenvalue weighted by Crippen LogP contribution is -2.07. The Morgan fingerprint density at radius 3 is 1.29 bits per heavy atom. The van der Waals surface area contributed by atoms with Crippen LogP contribution in [0.4, 0.5) is 0 Å². The van der Waals surface area contributed by atoms with E-state index in [2.05, 4.69) is 28.8 Å². The minimum atomic E-state index is -0.402. The van der Waals surface area contributed by atoms with Crippen LogP contribution in [-0.2, 0) is 61.2 Å². The Morgan fingerprint density at radius 2 is 0.941 bits per heavy atom. The van der Waals surface area contributed by atoms with Gasteiger partial charge in [0.25, 0.3) is 0 Å². The number of hydrogen-bond acceptors (Lipinski definition) is 6. The molecule has 51 heavy (non-hydrogen) atoms. The van der Waals surface area contributed by atoms with Gasteiger partial charge in [0.05, 0.1) is 0 Å². The van der Waals surface area contributed by atoms with E-state index in [4.69, 9.17) is 9.47 Å². The van der Waals surface area contributed by atoms with E-state index in [1.54, 1.807) is 0 Å². The molecule has 0 atom stereocenters. The number of carbonyl (C=O) groups excluding carboxylic acids is 2. The number of esters is 2. The van der Waals surface area contributed by atoms with Gasteiger partial charge in [-0.3, -0.25) is 0 Å². The second-order valence-electron chi connectivity index (χ2n) is 13.0. The molecule has 3 heterocycles. The molecule has 0 saturated heterocycles. The summed E-state index contributed by atoms with van der Waals surface area (Å²) in [6.07, 6.45) is 5.20. The van der Waals surface area contributed by atoms with E-state index >= 15 is 0 Å². The van der Waals surface area contributed by atoms with E-state index < -0.39 is 11.9 Å². The predicted molar refractivity (Wildman–Crippen MR) is 198 cm³/mol. The molecule has 0 radical (unpaired) electrons. The molecule has 0 fully saturated rings. The van der Waals surface area contributed by atoms with Crippen LogP contribution in [-0.4, -0.2) is 50.3 Å². The minimum Gasteiger partial charge on any atom is -0.456 e. The van der Waals surface area contributed by atoms with Gasteiger partial charge >= 0.3 is 11.9 Å². The Morgan fingerprint density at radius 1 is 0.569 bits per heavy atom. The van der Waals surface area contributed by atoms with Crippen molar-refractivity contribution in [2.24, 2.45) is 0 Å². The summed E-state index contributed by atoms with van der Waals surface area (Å²) in [5, 5.41) is 19.4. The van der Waals surface area contributed by atoms with E-state index in [0.29, 0.717) is 49.9 Å². The molecule has 270 valence electrons. The highest BCUT2D eigenvalue weighted by molar-refractivity contribution is 5.90. The van der Waals surface area contributed by atoms with Gasteiger partial charge < -0.3 is 34.6 Å². The van der Waals surface area contributed by atoms with Crippen LogP contribution in [0.2, 0.25) is 0 Å². The summed E-state index contributed by atoms with van der Waals surface area (Å²) in [5.74, 6) is -0.804. The fourth-order valence-electron chi connectivity index (χ4n) is 7.09. The highest BCUT2D eigenvalue weighted by atomic mass is 16.5. The molecule has 5 N–H and O–H groups in total. The molecule has 0 saturated carbocycles. The number of nitrogens with one attached hydrogen (secondary N) is 3. The normalized spacial score (nSPS) is 11.3. The van der Waals surface area contributed by atoms with E-state index in [0.717, 1.165) is 69.0 Å². The number of H-pyrrole nitrogens is 3. The minimum absolute atomic E-state index is 0.0562. The second-order valence-corrected chi connectivity index (χ2v) is 13.0. The summed E-state index contributed by atoms with van der Waals surface area (Å²) < 4.78 is 11.4. The van der Waals surface area contributed by atoms with Gasteiger partial charge in [-0.15, -0.1) is 0 Å². The monoisotopic (exact) mass is 693 g/mol. The van der Waals surface area contributed by atoms with Crippen molar-refractivity contribution in [1.29, 1.82) is 0 Å². The molecule has 2 aromatic carbocycles. The number of carbonyl (C=O) groups is 2. The fourth-order valence-corrected chi connectivity index (χ4v) is 7.09. The first kappa shape index (κ1) is 37.4. The molecule has 0 amide bonds. The summed E-state index contributed by atoms with van der Waals surface area (Å²) in [5.41, 5.74) is 12.9. The zero-order chi connectivity index (χ0) is 36.3. The van der Waals surface area contributed by atoms with Crippen LogP contribution in [0.15, 0.2) is 60.7 Å². The Bertz CT molecular complexity index is 1770. The van der Waals surface area contributed by atoms with Crippen LogP contribution in [0.1, 0.15) is 115 Å². The van der Waals surface area contributed by atoms with E-state index in [1.165, 1.54) is 11.1 Å². The number of aliphatic hydroxyl groups excluding tert-OH is 2. The molecule has 9 heteroatoms. The SMILES string of the molecule is CCc1c(Cc2[nH]c(C(=O)OCc3ccccc3)c(C)c2CCCO)[nH]c(Cc2[nH]c(C(=O)OCc3ccccc3)c(C)c2CCCO)c1CC. The van der Waals surface area contributed by atoms with Gasteiger partial charge in [-0.05, 0) is 96.9 Å². The van der Waals surface area contributed by atoms with Gasteiger partial charge in [0.15, 0.2) is 0 Å². The summed E-state index contributed by atoms with van der Waals surface area (Å²) in [4.78, 5) is 37.2. The van der Waals surface area contributed by atoms with Crippen LogP contribution in [0.3, 0.4) is 0 Å². The number of aromatic amines is 3. The highest BCUT2D eigenvalue weighted by Crippen LogP contribution is 2.31. The van der Waals surface area contributed by atoms with E-state index in [-0.39, 0.29) is 26.4 Å². The summed E-state index contributed by atoms with van der Waals surface area (Å²) in [6, 6.07) is 19.2. The first-order chi connectivity index (χ1) is 24.8. The van der Waals surface area contributed by atoms with Crippen molar-refractivity contribution >= 4 is 11.9 Å². The van der Waals surface area contributed by atoms with Crippen LogP contribution in [0.5, 0.6) is 0 Å². The standard InChI is InChI=1S/C42H51N3O6/c1-5-31-32(6-2)36(24-38-34(20-14-22-47)28(4)40(45-38)42(49)51-26-30-17-11-8-12-18-30)43-35(31)23-37-33(19-13-21-46)27(3)39(44-37)41(48)50-25-29-15-9-7-10-16-29/h7-12,15-18,43-47H,5-6,13-14,19-26H2,1-4H3. The van der Waals surface area contributed by atoms with E-state index in [9.17, 15) is 19.8 Å². The highest BCUT2D eigenvalue weighted by Gasteiger charge is 2.25. The van der Waals surface area contributed by atoms with Gasteiger partial charge in [-0.1, -0.05) is 74.5 Å². The third kappa shape index (κ3) is 8.90. The topological polar surface area (TPSA) is 140 Å². The van der Waals surface area contributed by atoms with Gasteiger partial charge in [0, 0.05) is 48.8 Å². The molecule has 5 rings (SSSR count). The molecule has 0 bridgehead atoms. The third-order valence-electron chi connectivity index (χ3n) is 9.75. The maximum Gasteiger partial charge on any atom is 0.355 e. The summed E-state index contributed by atoms with van der Waals surface area (Å²) in [6.45, 7) is 8.67. The van der Waals surface area contributed by atoms with Gasteiger partial charge in [-0.2, -0.15) is 0 Å². The number of aliphatic hydroxyl groups is 2. The molecular weight excluding hydrogens is 642 g/mol. The first-order valence-electron chi connectivity index (χ1n) is 18.0. The van der Waals surface area contributed by atoms with Crippen molar-refractivity contribution in [1.82, 2.24) is 15.0 Å². The van der Waals surface area contributed by atoms with Crippen molar-refractivity contribution in [3.63, 3.8) is 0 Å². The number of aromatic nitrogens is 3. The Labute approximate surface area is 300 Å². The molecule has 9 nitrogen and oxygen atoms in total. The average molecular weight is 694 g/mol. The molecule has 5 aromatic rings. The maximum atomic E-state index is 13.3. The molecule has 0 aliphatic carbocycles. The number of ether oxygens (including phenoxy) is 2. The predicted octanol–water partition coefficient (Wildman–Crippen LogP) is 7.16. The van der Waals surface area contributed by atoms with Crippen LogP contribution in [0, 0.1) is 13.8 Å². The molecule has 0 unspecified atom stereocenters. The molecule has 3 aromatic heterocycles. The Kier molecular flexibility index (Phi) is 13.1. The van der Waals surface area contributed by atoms with E-state index in [1.807, 2.05) is 74.5 Å². The Balaban J connectivity index is 1.43. The van der Waals surface area contributed by atoms with Crippen molar-refractivity contribution in [3.05, 3.63) is 139 Å². The molecular formula is C42H51N3O6. The van der Waals surface area contributed by atoms with Crippen molar-refractivity contribution < 1.29 is 29.3 Å². The largest absolute Gasteiger partial charge is 0.456 e. The van der Waals surface area contributed by atoms with Gasteiger partial charge in [0.1, 0.15) is 24.6 Å². The second kappa shape index (κ2) is 17.9. The molecule has 0 aliphatic rings. The van der Waals surface area contributed by atoms with Crippen LogP contribution >= 0.6 is 0 Å². The van der Waals surface area contributed by atoms with Crippen molar-refractivity contribution in [2.75, 3.05) is 13.2 Å². The van der Waals surface area contributed by atoms with Crippen molar-refractivity contribution in [2.45, 2.75) is 92.3 Å². The molecule has 0 aliphatic heterocycles. The number of hydrogen-bond donors (Lipinski definition) is 5. The first-order valence-corrected chi connectivity index (χ1v) is 18.0. The van der Waals surface area contributed by atoms with Gasteiger partial charge in [0.2, 0.25) is 0 Å². The summed E-state index contributed by atoms with van der Waals surface area (Å²) in [7, 11) is 0. The van der Waals surface area contributed by atoms with Crippen molar-refractivity contribution in [3.8, 4) is 0 Å². The number of rotatable bonds is 18. The summed E-state index contributed by atoms with van der Waals surface area (Å²) >= 11 is 0. The quantitative estimate of drug-likeness (QED) is 0.0618. The third-order valence-corrected chi connectivity index (χ3v) is 9.75. The van der Waals surface area contributed by atoms with Crippen LogP contribution in [0.25, 0.3) is 0 Å². The maximum absolute atomic E-state index is 13.3. The Hall–Kier alpha value is -4.86. The fraction of sp³-hybridized carbons (Fsp3) is 0.381. The van der Waals surface area contributed by atoms with Gasteiger partial charge in [-0.25, -0.2) is 9.59 Å². The lowest BCUT2D eigenvalue weighted by atomic mass is 9.97. The number of benzene rings is 2. The lowest BCUT2D eigenvalue weighted by Gasteiger charge is -2.07. The lowest BCUT2D eigenvalue weighted by molar-refractivity contribution is 0.0457. The smallest absolute Gasteiger partial charge is 0.355 e. The zero-order valence-corrected chi connectivity index (χ0v) is 30.3. The average Bonchev–Trinajstić information content (AvgIpc) is 3.77. The molecule has 0 spiro atoms.